The first-order valence-electron chi connectivity index (χ1n) is 15.6. The molecule has 18 atom stereocenters. The first-order valence-corrected chi connectivity index (χ1v) is 15.6. The standard InChI is InChI=1S/C29H50N6O10/c30-9-16-22(38)23(39)20(35)28(42-16)44-26-17(10-36)43-29(24(26)40)45-27-18(13(32)8-14(33)21(27)37)25-12(31)6-7-15(41-25)19(34)11-4-2-1-3-5-11/h1-5,12-29,36-40H,6-10,30-35H2/t12-,13+,14-,15+,16+,17-,18?,19+,20-,21+,22-,23-,24-,25+,26-,27+,28-,29+/m1/s1. The Bertz CT molecular complexity index is 1080. The Kier molecular flexibility index (Phi) is 11.5. The third-order valence-corrected chi connectivity index (χ3v) is 9.73. The molecule has 3 saturated heterocycles. The maximum Gasteiger partial charge on any atom is 0.187 e. The van der Waals surface area contributed by atoms with Gasteiger partial charge in [-0.2, -0.15) is 0 Å². The van der Waals surface area contributed by atoms with Crippen LogP contribution >= 0.6 is 0 Å². The quantitative estimate of drug-likeness (QED) is 0.120. The molecule has 5 rings (SSSR count). The third-order valence-electron chi connectivity index (χ3n) is 9.73. The number of benzene rings is 1. The summed E-state index contributed by atoms with van der Waals surface area (Å²) in [4.78, 5) is 0. The lowest BCUT2D eigenvalue weighted by atomic mass is 9.72. The van der Waals surface area contributed by atoms with Gasteiger partial charge >= 0.3 is 0 Å². The summed E-state index contributed by atoms with van der Waals surface area (Å²) in [5, 5.41) is 53.3. The van der Waals surface area contributed by atoms with Crippen LogP contribution in [0.25, 0.3) is 0 Å². The van der Waals surface area contributed by atoms with Crippen LogP contribution in [0.1, 0.15) is 30.9 Å². The van der Waals surface area contributed by atoms with Gasteiger partial charge in [-0.15, -0.1) is 0 Å². The summed E-state index contributed by atoms with van der Waals surface area (Å²) < 4.78 is 30.2. The molecular weight excluding hydrogens is 592 g/mol. The normalized spacial score (nSPS) is 48.3. The summed E-state index contributed by atoms with van der Waals surface area (Å²) >= 11 is 0. The highest BCUT2D eigenvalue weighted by Crippen LogP contribution is 2.39. The molecule has 256 valence electrons. The monoisotopic (exact) mass is 642 g/mol. The second kappa shape index (κ2) is 14.8. The second-order valence-electron chi connectivity index (χ2n) is 12.7. The van der Waals surface area contributed by atoms with Crippen molar-refractivity contribution in [3.63, 3.8) is 0 Å². The zero-order valence-electron chi connectivity index (χ0n) is 25.1. The van der Waals surface area contributed by atoms with E-state index < -0.39 is 110 Å². The van der Waals surface area contributed by atoms with Gasteiger partial charge in [0.25, 0.3) is 0 Å². The molecule has 1 saturated carbocycles. The van der Waals surface area contributed by atoms with E-state index in [1.807, 2.05) is 30.3 Å². The average Bonchev–Trinajstić information content (AvgIpc) is 3.33. The lowest BCUT2D eigenvalue weighted by Gasteiger charge is -2.50. The van der Waals surface area contributed by atoms with Crippen molar-refractivity contribution >= 4 is 0 Å². The molecule has 3 aliphatic heterocycles. The minimum absolute atomic E-state index is 0.131. The number of hydrogen-bond acceptors (Lipinski definition) is 16. The van der Waals surface area contributed by atoms with E-state index in [1.54, 1.807) is 0 Å². The van der Waals surface area contributed by atoms with Gasteiger partial charge in [0.15, 0.2) is 12.6 Å². The van der Waals surface area contributed by atoms with E-state index in [-0.39, 0.29) is 19.1 Å². The van der Waals surface area contributed by atoms with Crippen molar-refractivity contribution in [3.8, 4) is 0 Å². The van der Waals surface area contributed by atoms with Crippen LogP contribution in [0.5, 0.6) is 0 Å². The first kappa shape index (κ1) is 34.9. The molecule has 0 amide bonds. The highest BCUT2D eigenvalue weighted by atomic mass is 16.7. The van der Waals surface area contributed by atoms with E-state index in [4.69, 9.17) is 58.1 Å². The van der Waals surface area contributed by atoms with Gasteiger partial charge in [0, 0.05) is 30.6 Å². The number of rotatable bonds is 9. The maximum absolute atomic E-state index is 11.3. The molecule has 17 N–H and O–H groups in total. The zero-order valence-corrected chi connectivity index (χ0v) is 25.1. The van der Waals surface area contributed by atoms with Gasteiger partial charge in [-0.05, 0) is 24.8 Å². The number of hydrogen-bond donors (Lipinski definition) is 11. The molecule has 4 aliphatic rings. The van der Waals surface area contributed by atoms with Gasteiger partial charge in [-0.1, -0.05) is 30.3 Å². The predicted octanol–water partition coefficient (Wildman–Crippen LogP) is -4.82. The van der Waals surface area contributed by atoms with Crippen molar-refractivity contribution in [3.05, 3.63) is 35.9 Å². The number of ether oxygens (including phenoxy) is 5. The Morgan fingerprint density at radius 2 is 1.42 bits per heavy atom. The van der Waals surface area contributed by atoms with Crippen molar-refractivity contribution in [1.82, 2.24) is 0 Å². The highest BCUT2D eigenvalue weighted by Gasteiger charge is 2.55. The van der Waals surface area contributed by atoms with Gasteiger partial charge in [0.1, 0.15) is 36.6 Å². The van der Waals surface area contributed by atoms with Gasteiger partial charge in [-0.3, -0.25) is 0 Å². The zero-order chi connectivity index (χ0) is 32.6. The summed E-state index contributed by atoms with van der Waals surface area (Å²) in [6.45, 7) is -0.714. The fraction of sp³-hybridized carbons (Fsp3) is 0.793. The lowest BCUT2D eigenvalue weighted by molar-refractivity contribution is -0.280. The second-order valence-corrected chi connectivity index (χ2v) is 12.7. The summed E-state index contributed by atoms with van der Waals surface area (Å²) in [5.41, 5.74) is 38.7. The van der Waals surface area contributed by atoms with E-state index in [9.17, 15) is 25.5 Å². The number of nitrogens with two attached hydrogens (primary N) is 6. The smallest absolute Gasteiger partial charge is 0.187 e. The largest absolute Gasteiger partial charge is 0.394 e. The van der Waals surface area contributed by atoms with E-state index in [2.05, 4.69) is 0 Å². The van der Waals surface area contributed by atoms with Crippen LogP contribution in [-0.2, 0) is 23.7 Å². The summed E-state index contributed by atoms with van der Waals surface area (Å²) in [7, 11) is 0. The Morgan fingerprint density at radius 1 is 0.756 bits per heavy atom. The van der Waals surface area contributed by atoms with Crippen molar-refractivity contribution < 1.29 is 49.2 Å². The molecular formula is C29H50N6O10. The van der Waals surface area contributed by atoms with Gasteiger partial charge in [0.2, 0.25) is 0 Å². The molecule has 0 radical (unpaired) electrons. The Hall–Kier alpha value is -1.42. The fourth-order valence-electron chi connectivity index (χ4n) is 7.06. The van der Waals surface area contributed by atoms with Crippen molar-refractivity contribution in [2.75, 3.05) is 13.2 Å². The summed E-state index contributed by atoms with van der Waals surface area (Å²) in [5.74, 6) is -0.666. The molecule has 1 aromatic rings. The topological polar surface area (TPSA) is 303 Å². The van der Waals surface area contributed by atoms with Gasteiger partial charge in [0.05, 0.1) is 43.1 Å². The lowest BCUT2D eigenvalue weighted by Crippen LogP contribution is -2.66. The summed E-state index contributed by atoms with van der Waals surface area (Å²) in [6.07, 6.45) is -12.2. The average molecular weight is 643 g/mol. The van der Waals surface area contributed by atoms with Crippen LogP contribution in [0.4, 0.5) is 0 Å². The predicted molar refractivity (Wildman–Crippen MR) is 159 cm³/mol. The summed E-state index contributed by atoms with van der Waals surface area (Å²) in [6, 6.07) is 6.14. The molecule has 1 unspecified atom stereocenters. The van der Waals surface area contributed by atoms with Crippen molar-refractivity contribution in [1.29, 1.82) is 0 Å². The molecule has 0 spiro atoms. The third kappa shape index (κ3) is 7.07. The minimum Gasteiger partial charge on any atom is -0.394 e. The molecule has 4 fully saturated rings. The van der Waals surface area contributed by atoms with Crippen LogP contribution in [0.2, 0.25) is 0 Å². The van der Waals surface area contributed by atoms with Crippen LogP contribution < -0.4 is 34.4 Å². The number of aliphatic hydroxyl groups excluding tert-OH is 5. The van der Waals surface area contributed by atoms with Crippen molar-refractivity contribution in [2.45, 2.75) is 123 Å². The van der Waals surface area contributed by atoms with Crippen LogP contribution in [0.15, 0.2) is 30.3 Å². The SMILES string of the molecule is NC[C@@H]1O[C@H](O[C@H]2[C@@H](O)[C@H](O[C@H]3C([C@H]4O[C@H]([C@@H](N)c5ccccc5)CC[C@H]4N)[C@@H](N)C[C@@H](N)[C@@H]3O)O[C@@H]2CO)[C@H](N)[C@@H](O)[C@@H]1O. The minimum atomic E-state index is -1.51. The molecule has 16 heteroatoms. The van der Waals surface area contributed by atoms with Crippen molar-refractivity contribution in [2.24, 2.45) is 40.3 Å². The van der Waals surface area contributed by atoms with E-state index in [1.165, 1.54) is 0 Å². The maximum atomic E-state index is 11.3. The number of aliphatic hydroxyl groups is 5. The van der Waals surface area contributed by atoms with E-state index >= 15 is 0 Å². The molecule has 0 aromatic heterocycles. The van der Waals surface area contributed by atoms with Gasteiger partial charge < -0.3 is 83.6 Å². The molecule has 16 nitrogen and oxygen atoms in total. The van der Waals surface area contributed by atoms with Gasteiger partial charge in [-0.25, -0.2) is 0 Å². The fourth-order valence-corrected chi connectivity index (χ4v) is 7.06. The molecule has 3 heterocycles. The molecule has 0 bridgehead atoms. The van der Waals surface area contributed by atoms with Crippen LogP contribution in [0, 0.1) is 5.92 Å². The molecule has 45 heavy (non-hydrogen) atoms. The Labute approximate surface area is 261 Å². The van der Waals surface area contributed by atoms with Crippen LogP contribution in [-0.4, -0.2) is 136 Å². The molecule has 1 aliphatic carbocycles. The van der Waals surface area contributed by atoms with E-state index in [0.717, 1.165) is 5.56 Å². The Balaban J connectivity index is 1.33. The Morgan fingerprint density at radius 3 is 2.09 bits per heavy atom. The first-order chi connectivity index (χ1) is 21.5. The highest BCUT2D eigenvalue weighted by molar-refractivity contribution is 5.20. The van der Waals surface area contributed by atoms with E-state index in [0.29, 0.717) is 12.8 Å². The molecule has 1 aromatic carbocycles. The van der Waals surface area contributed by atoms with Crippen LogP contribution in [0.3, 0.4) is 0 Å².